The van der Waals surface area contributed by atoms with Crippen molar-refractivity contribution in [3.63, 3.8) is 0 Å². The van der Waals surface area contributed by atoms with Gasteiger partial charge in [0.2, 0.25) is 5.88 Å². The van der Waals surface area contributed by atoms with Crippen LogP contribution in [0, 0.1) is 11.6 Å². The van der Waals surface area contributed by atoms with E-state index in [0.29, 0.717) is 12.1 Å². The molecule has 0 aliphatic heterocycles. The predicted molar refractivity (Wildman–Crippen MR) is 72.7 cm³/mol. The summed E-state index contributed by atoms with van der Waals surface area (Å²) in [6.45, 7) is 3.26. The van der Waals surface area contributed by atoms with Crippen LogP contribution in [0.15, 0.2) is 36.5 Å². The maximum Gasteiger partial charge on any atom is 0.224 e. The number of para-hydroxylation sites is 1. The Morgan fingerprint density at radius 1 is 1.25 bits per heavy atom. The van der Waals surface area contributed by atoms with Gasteiger partial charge in [0.25, 0.3) is 0 Å². The second-order valence-corrected chi connectivity index (χ2v) is 4.33. The normalized spacial score (nSPS) is 10.6. The smallest absolute Gasteiger partial charge is 0.224 e. The molecule has 1 aromatic carbocycles. The largest absolute Gasteiger partial charge is 0.436 e. The van der Waals surface area contributed by atoms with Crippen LogP contribution in [0.1, 0.15) is 18.9 Å². The molecule has 0 unspecified atom stereocenters. The molecule has 0 amide bonds. The highest BCUT2D eigenvalue weighted by Crippen LogP contribution is 2.25. The van der Waals surface area contributed by atoms with Gasteiger partial charge in [-0.15, -0.1) is 0 Å². The fourth-order valence-electron chi connectivity index (χ4n) is 1.72. The lowest BCUT2D eigenvalue weighted by atomic mass is 10.2. The second kappa shape index (κ2) is 6.96. The van der Waals surface area contributed by atoms with Crippen molar-refractivity contribution in [2.75, 3.05) is 6.54 Å². The van der Waals surface area contributed by atoms with Gasteiger partial charge in [-0.3, -0.25) is 0 Å². The average Bonchev–Trinajstić information content (AvgIpc) is 2.44. The molecule has 1 N–H and O–H groups in total. The van der Waals surface area contributed by atoms with Crippen molar-refractivity contribution in [3.8, 4) is 11.6 Å². The molecule has 0 fully saturated rings. The Morgan fingerprint density at radius 3 is 2.80 bits per heavy atom. The number of benzene rings is 1. The average molecular weight is 278 g/mol. The molecule has 0 aliphatic rings. The molecule has 0 saturated carbocycles. The number of halogens is 2. The molecule has 3 nitrogen and oxygen atoms in total. The van der Waals surface area contributed by atoms with E-state index >= 15 is 0 Å². The van der Waals surface area contributed by atoms with Crippen LogP contribution in [0.4, 0.5) is 8.78 Å². The van der Waals surface area contributed by atoms with Crippen molar-refractivity contribution in [1.29, 1.82) is 0 Å². The van der Waals surface area contributed by atoms with Crippen LogP contribution in [0.5, 0.6) is 11.6 Å². The lowest BCUT2D eigenvalue weighted by molar-refractivity contribution is 0.417. The monoisotopic (exact) mass is 278 g/mol. The van der Waals surface area contributed by atoms with Gasteiger partial charge in [-0.25, -0.2) is 13.8 Å². The van der Waals surface area contributed by atoms with Gasteiger partial charge in [0.05, 0.1) is 6.20 Å². The molecule has 106 valence electrons. The number of aromatic nitrogens is 1. The predicted octanol–water partition coefficient (Wildman–Crippen LogP) is 3.65. The molecule has 0 radical (unpaired) electrons. The maximum absolute atomic E-state index is 13.6. The zero-order valence-corrected chi connectivity index (χ0v) is 11.2. The van der Waals surface area contributed by atoms with Crippen LogP contribution >= 0.6 is 0 Å². The van der Waals surface area contributed by atoms with Gasteiger partial charge in [0.1, 0.15) is 5.82 Å². The van der Waals surface area contributed by atoms with Crippen LogP contribution in [0.3, 0.4) is 0 Å². The standard InChI is InChI=1S/C15H16F2N2O/c1-2-7-18-9-11-8-12(16)10-19-15(11)20-14-6-4-3-5-13(14)17/h3-6,8,10,18H,2,7,9H2,1H3. The van der Waals surface area contributed by atoms with Gasteiger partial charge in [-0.05, 0) is 31.2 Å². The van der Waals surface area contributed by atoms with Gasteiger partial charge >= 0.3 is 0 Å². The summed E-state index contributed by atoms with van der Waals surface area (Å²) in [5, 5.41) is 3.14. The van der Waals surface area contributed by atoms with E-state index in [9.17, 15) is 8.78 Å². The minimum atomic E-state index is -0.480. The first-order valence-corrected chi connectivity index (χ1v) is 6.48. The first kappa shape index (κ1) is 14.4. The summed E-state index contributed by atoms with van der Waals surface area (Å²) in [6.07, 6.45) is 2.02. The molecule has 0 bridgehead atoms. The number of pyridine rings is 1. The highest BCUT2D eigenvalue weighted by molar-refractivity contribution is 5.33. The van der Waals surface area contributed by atoms with E-state index in [2.05, 4.69) is 10.3 Å². The molecular formula is C15H16F2N2O. The summed E-state index contributed by atoms with van der Waals surface area (Å²) in [5.74, 6) is -0.645. The number of ether oxygens (including phenoxy) is 1. The summed E-state index contributed by atoms with van der Waals surface area (Å²) in [6, 6.07) is 7.38. The Labute approximate surface area is 116 Å². The van der Waals surface area contributed by atoms with E-state index in [1.54, 1.807) is 12.1 Å². The number of hydrogen-bond donors (Lipinski definition) is 1. The van der Waals surface area contributed by atoms with Crippen molar-refractivity contribution in [1.82, 2.24) is 10.3 Å². The minimum absolute atomic E-state index is 0.0725. The summed E-state index contributed by atoms with van der Waals surface area (Å²) >= 11 is 0. The molecular weight excluding hydrogens is 262 g/mol. The first-order valence-electron chi connectivity index (χ1n) is 6.48. The van der Waals surface area contributed by atoms with E-state index in [1.807, 2.05) is 6.92 Å². The highest BCUT2D eigenvalue weighted by atomic mass is 19.1. The number of rotatable bonds is 6. The fourth-order valence-corrected chi connectivity index (χ4v) is 1.72. The third-order valence-electron chi connectivity index (χ3n) is 2.68. The zero-order valence-electron chi connectivity index (χ0n) is 11.2. The molecule has 2 rings (SSSR count). The molecule has 20 heavy (non-hydrogen) atoms. The summed E-state index contributed by atoms with van der Waals surface area (Å²) in [4.78, 5) is 3.89. The van der Waals surface area contributed by atoms with Crippen molar-refractivity contribution in [3.05, 3.63) is 53.7 Å². The lowest BCUT2D eigenvalue weighted by Gasteiger charge is -2.11. The number of hydrogen-bond acceptors (Lipinski definition) is 3. The lowest BCUT2D eigenvalue weighted by Crippen LogP contribution is -2.15. The van der Waals surface area contributed by atoms with Crippen molar-refractivity contribution in [2.45, 2.75) is 19.9 Å². The summed E-state index contributed by atoms with van der Waals surface area (Å²) in [7, 11) is 0. The van der Waals surface area contributed by atoms with E-state index in [0.717, 1.165) is 19.2 Å². The Morgan fingerprint density at radius 2 is 2.05 bits per heavy atom. The van der Waals surface area contributed by atoms with Gasteiger partial charge in [0, 0.05) is 12.1 Å². The van der Waals surface area contributed by atoms with Crippen LogP contribution in [-0.2, 0) is 6.54 Å². The Kier molecular flexibility index (Phi) is 5.01. The Bertz CT molecular complexity index is 576. The van der Waals surface area contributed by atoms with Crippen LogP contribution in [0.2, 0.25) is 0 Å². The summed E-state index contributed by atoms with van der Waals surface area (Å²) in [5.41, 5.74) is 0.557. The third kappa shape index (κ3) is 3.74. The SMILES string of the molecule is CCCNCc1cc(F)cnc1Oc1ccccc1F. The van der Waals surface area contributed by atoms with Gasteiger partial charge < -0.3 is 10.1 Å². The summed E-state index contributed by atoms with van der Waals surface area (Å²) < 4.78 is 32.2. The molecule has 1 aromatic heterocycles. The molecule has 0 saturated heterocycles. The molecule has 0 spiro atoms. The molecule has 1 heterocycles. The van der Waals surface area contributed by atoms with Crippen LogP contribution in [0.25, 0.3) is 0 Å². The van der Waals surface area contributed by atoms with Gasteiger partial charge in [0.15, 0.2) is 11.6 Å². The Balaban J connectivity index is 2.20. The van der Waals surface area contributed by atoms with E-state index < -0.39 is 11.6 Å². The molecule has 0 aliphatic carbocycles. The number of nitrogens with zero attached hydrogens (tertiary/aromatic N) is 1. The van der Waals surface area contributed by atoms with E-state index in [-0.39, 0.29) is 11.6 Å². The molecule has 0 atom stereocenters. The zero-order chi connectivity index (χ0) is 14.4. The van der Waals surface area contributed by atoms with Crippen molar-refractivity contribution in [2.24, 2.45) is 0 Å². The number of nitrogens with one attached hydrogen (secondary N) is 1. The van der Waals surface area contributed by atoms with E-state index in [1.165, 1.54) is 18.2 Å². The van der Waals surface area contributed by atoms with Crippen molar-refractivity contribution < 1.29 is 13.5 Å². The fraction of sp³-hybridized carbons (Fsp3) is 0.267. The Hall–Kier alpha value is -2.01. The van der Waals surface area contributed by atoms with Gasteiger partial charge in [-0.1, -0.05) is 19.1 Å². The molecule has 5 heteroatoms. The van der Waals surface area contributed by atoms with Crippen LogP contribution in [-0.4, -0.2) is 11.5 Å². The van der Waals surface area contributed by atoms with Gasteiger partial charge in [-0.2, -0.15) is 0 Å². The topological polar surface area (TPSA) is 34.2 Å². The minimum Gasteiger partial charge on any atom is -0.436 e. The van der Waals surface area contributed by atoms with Crippen LogP contribution < -0.4 is 10.1 Å². The van der Waals surface area contributed by atoms with E-state index in [4.69, 9.17) is 4.74 Å². The first-order chi connectivity index (χ1) is 9.70. The van der Waals surface area contributed by atoms with Crippen molar-refractivity contribution >= 4 is 0 Å². The second-order valence-electron chi connectivity index (χ2n) is 4.33. The maximum atomic E-state index is 13.6. The highest BCUT2D eigenvalue weighted by Gasteiger charge is 2.10. The molecule has 2 aromatic rings. The quantitative estimate of drug-likeness (QED) is 0.819. The third-order valence-corrected chi connectivity index (χ3v) is 2.68.